The van der Waals surface area contributed by atoms with Gasteiger partial charge in [-0.25, -0.2) is 13.4 Å². The van der Waals surface area contributed by atoms with Crippen LogP contribution in [0.1, 0.15) is 34.6 Å². The van der Waals surface area contributed by atoms with Crippen molar-refractivity contribution in [2.24, 2.45) is 0 Å². The SMILES string of the molecule is COc1nc(CNCCO)nc2c1CN(c1cccc(-c3cccc(OCCCNCCS(C)(=O)=O)c3C)c1C)C2. The van der Waals surface area contributed by atoms with Gasteiger partial charge in [0.1, 0.15) is 21.4 Å². The standard InChI is InChI=1S/C30H41N5O5S/c1-21-23(24-9-6-11-28(22(24)2)40-16-7-12-31-14-17-41(4,37)38)8-5-10-27(21)35-19-25-26(20-35)33-29(18-32-13-15-36)34-30(25)39-3/h5-6,8-11,31-32,36H,7,12-20H2,1-4H3. The number of hydrogen-bond donors (Lipinski definition) is 3. The number of benzene rings is 2. The third-order valence-electron chi connectivity index (χ3n) is 7.18. The number of ether oxygens (including phenoxy) is 2. The highest BCUT2D eigenvalue weighted by molar-refractivity contribution is 7.90. The van der Waals surface area contributed by atoms with Gasteiger partial charge in [0.2, 0.25) is 5.88 Å². The summed E-state index contributed by atoms with van der Waals surface area (Å²) in [5, 5.41) is 15.3. The second-order valence-corrected chi connectivity index (χ2v) is 12.6. The Hall–Kier alpha value is -3.25. The first-order chi connectivity index (χ1) is 19.7. The molecule has 0 saturated heterocycles. The van der Waals surface area contributed by atoms with Gasteiger partial charge in [-0.2, -0.15) is 4.98 Å². The summed E-state index contributed by atoms with van der Waals surface area (Å²) >= 11 is 0. The Balaban J connectivity index is 1.46. The molecule has 1 aliphatic rings. The minimum atomic E-state index is -2.95. The van der Waals surface area contributed by atoms with Crippen LogP contribution in [0.4, 0.5) is 5.69 Å². The number of nitrogens with one attached hydrogen (secondary N) is 2. The molecule has 41 heavy (non-hydrogen) atoms. The van der Waals surface area contributed by atoms with Gasteiger partial charge in [0.15, 0.2) is 0 Å². The Morgan fingerprint density at radius 1 is 0.976 bits per heavy atom. The zero-order valence-corrected chi connectivity index (χ0v) is 25.2. The van der Waals surface area contributed by atoms with Gasteiger partial charge in [-0.3, -0.25) is 0 Å². The molecule has 0 radical (unpaired) electrons. The third-order valence-corrected chi connectivity index (χ3v) is 8.13. The average molecular weight is 584 g/mol. The number of aliphatic hydroxyl groups is 1. The Morgan fingerprint density at radius 3 is 2.46 bits per heavy atom. The smallest absolute Gasteiger partial charge is 0.221 e. The fourth-order valence-electron chi connectivity index (χ4n) is 5.05. The van der Waals surface area contributed by atoms with Crippen molar-refractivity contribution < 1.29 is 23.0 Å². The molecule has 3 aromatic rings. The van der Waals surface area contributed by atoms with Gasteiger partial charge in [-0.05, 0) is 61.2 Å². The molecule has 0 amide bonds. The Labute approximate surface area is 243 Å². The average Bonchev–Trinajstić information content (AvgIpc) is 3.37. The number of anilines is 1. The second-order valence-electron chi connectivity index (χ2n) is 10.3. The van der Waals surface area contributed by atoms with Crippen LogP contribution in [0.5, 0.6) is 11.6 Å². The van der Waals surface area contributed by atoms with E-state index in [2.05, 4.69) is 58.6 Å². The maximum atomic E-state index is 11.3. The van der Waals surface area contributed by atoms with Gasteiger partial charge in [0.25, 0.3) is 0 Å². The first-order valence-electron chi connectivity index (χ1n) is 13.9. The van der Waals surface area contributed by atoms with Crippen LogP contribution in [0, 0.1) is 13.8 Å². The zero-order valence-electron chi connectivity index (χ0n) is 24.4. The molecule has 2 heterocycles. The summed E-state index contributed by atoms with van der Waals surface area (Å²) in [5.74, 6) is 2.23. The minimum Gasteiger partial charge on any atom is -0.493 e. The van der Waals surface area contributed by atoms with E-state index >= 15 is 0 Å². The van der Waals surface area contributed by atoms with Gasteiger partial charge in [0.05, 0.1) is 57.0 Å². The fraction of sp³-hybridized carbons (Fsp3) is 0.467. The van der Waals surface area contributed by atoms with Crippen LogP contribution in [-0.2, 0) is 29.5 Å². The molecule has 10 nitrogen and oxygen atoms in total. The second kappa shape index (κ2) is 14.1. The molecule has 0 atom stereocenters. The summed E-state index contributed by atoms with van der Waals surface area (Å²) in [7, 11) is -1.31. The predicted octanol–water partition coefficient (Wildman–Crippen LogP) is 2.77. The molecule has 0 aliphatic carbocycles. The van der Waals surface area contributed by atoms with Gasteiger partial charge < -0.3 is 30.1 Å². The molecular formula is C30H41N5O5S. The van der Waals surface area contributed by atoms with E-state index in [1.165, 1.54) is 11.8 Å². The number of hydrogen-bond acceptors (Lipinski definition) is 10. The van der Waals surface area contributed by atoms with E-state index in [-0.39, 0.29) is 12.4 Å². The third kappa shape index (κ3) is 7.94. The molecule has 0 spiro atoms. The van der Waals surface area contributed by atoms with E-state index in [0.717, 1.165) is 45.8 Å². The Morgan fingerprint density at radius 2 is 1.73 bits per heavy atom. The van der Waals surface area contributed by atoms with Crippen LogP contribution in [-0.4, -0.2) is 75.5 Å². The summed E-state index contributed by atoms with van der Waals surface area (Å²) in [6, 6.07) is 12.5. The number of aromatic nitrogens is 2. The Kier molecular flexibility index (Phi) is 10.5. The van der Waals surface area contributed by atoms with Crippen molar-refractivity contribution in [2.45, 2.75) is 39.9 Å². The number of fused-ring (bicyclic) bond motifs is 1. The van der Waals surface area contributed by atoms with Gasteiger partial charge in [0, 0.05) is 25.0 Å². The van der Waals surface area contributed by atoms with E-state index in [4.69, 9.17) is 19.6 Å². The molecule has 0 fully saturated rings. The lowest BCUT2D eigenvalue weighted by atomic mass is 9.95. The first-order valence-corrected chi connectivity index (χ1v) is 16.0. The number of sulfone groups is 1. The van der Waals surface area contributed by atoms with Crippen molar-refractivity contribution in [3.8, 4) is 22.8 Å². The molecular weight excluding hydrogens is 542 g/mol. The van der Waals surface area contributed by atoms with Gasteiger partial charge >= 0.3 is 0 Å². The number of methoxy groups -OCH3 is 1. The van der Waals surface area contributed by atoms with Crippen molar-refractivity contribution in [3.05, 3.63) is 64.6 Å². The molecule has 0 bridgehead atoms. The molecule has 0 saturated carbocycles. The quantitative estimate of drug-likeness (QED) is 0.230. The van der Waals surface area contributed by atoms with Crippen molar-refractivity contribution >= 4 is 15.5 Å². The largest absolute Gasteiger partial charge is 0.493 e. The van der Waals surface area contributed by atoms with Gasteiger partial charge in [-0.15, -0.1) is 0 Å². The molecule has 0 unspecified atom stereocenters. The van der Waals surface area contributed by atoms with E-state index in [1.54, 1.807) is 7.11 Å². The highest BCUT2D eigenvalue weighted by atomic mass is 32.2. The number of nitrogens with zero attached hydrogens (tertiary/aromatic N) is 3. The van der Waals surface area contributed by atoms with Crippen LogP contribution in [0.2, 0.25) is 0 Å². The van der Waals surface area contributed by atoms with Crippen LogP contribution in [0.3, 0.4) is 0 Å². The van der Waals surface area contributed by atoms with Crippen molar-refractivity contribution in [3.63, 3.8) is 0 Å². The summed E-state index contributed by atoms with van der Waals surface area (Å²) in [4.78, 5) is 11.7. The molecule has 11 heteroatoms. The molecule has 222 valence electrons. The number of aliphatic hydroxyl groups excluding tert-OH is 1. The van der Waals surface area contributed by atoms with E-state index in [0.29, 0.717) is 57.6 Å². The molecule has 2 aromatic carbocycles. The number of rotatable bonds is 15. The summed E-state index contributed by atoms with van der Waals surface area (Å²) in [5.41, 5.74) is 7.62. The minimum absolute atomic E-state index is 0.0619. The highest BCUT2D eigenvalue weighted by Crippen LogP contribution is 2.39. The van der Waals surface area contributed by atoms with Crippen LogP contribution < -0.4 is 25.0 Å². The normalized spacial score (nSPS) is 13.0. The lowest BCUT2D eigenvalue weighted by Gasteiger charge is -2.23. The Bertz CT molecular complexity index is 1450. The topological polar surface area (TPSA) is 126 Å². The molecule has 4 rings (SSSR count). The summed E-state index contributed by atoms with van der Waals surface area (Å²) in [6.07, 6.45) is 2.03. The summed E-state index contributed by atoms with van der Waals surface area (Å²) < 4.78 is 34.2. The van der Waals surface area contributed by atoms with Crippen LogP contribution in [0.25, 0.3) is 11.1 Å². The predicted molar refractivity (Wildman–Crippen MR) is 161 cm³/mol. The van der Waals surface area contributed by atoms with Crippen molar-refractivity contribution in [1.82, 2.24) is 20.6 Å². The monoisotopic (exact) mass is 583 g/mol. The van der Waals surface area contributed by atoms with Crippen LogP contribution >= 0.6 is 0 Å². The molecule has 3 N–H and O–H groups in total. The van der Waals surface area contributed by atoms with Gasteiger partial charge in [-0.1, -0.05) is 24.3 Å². The van der Waals surface area contributed by atoms with E-state index in [1.807, 2.05) is 12.1 Å². The molecule has 1 aromatic heterocycles. The lowest BCUT2D eigenvalue weighted by Crippen LogP contribution is -2.24. The lowest BCUT2D eigenvalue weighted by molar-refractivity contribution is 0.291. The summed E-state index contributed by atoms with van der Waals surface area (Å²) in [6.45, 7) is 8.26. The van der Waals surface area contributed by atoms with Crippen LogP contribution in [0.15, 0.2) is 36.4 Å². The molecule has 1 aliphatic heterocycles. The fourth-order valence-corrected chi connectivity index (χ4v) is 5.57. The first kappa shape index (κ1) is 30.7. The van der Waals surface area contributed by atoms with Crippen molar-refractivity contribution in [1.29, 1.82) is 0 Å². The highest BCUT2D eigenvalue weighted by Gasteiger charge is 2.27. The maximum absolute atomic E-state index is 11.3. The zero-order chi connectivity index (χ0) is 29.4. The maximum Gasteiger partial charge on any atom is 0.221 e. The van der Waals surface area contributed by atoms with E-state index < -0.39 is 9.84 Å². The van der Waals surface area contributed by atoms with Crippen molar-refractivity contribution in [2.75, 3.05) is 56.9 Å². The van der Waals surface area contributed by atoms with E-state index in [9.17, 15) is 8.42 Å².